The molecule has 0 unspecified atom stereocenters. The van der Waals surface area contributed by atoms with Crippen molar-refractivity contribution in [2.75, 3.05) is 44.9 Å². The van der Waals surface area contributed by atoms with Gasteiger partial charge in [-0.3, -0.25) is 0 Å². The number of anilines is 1. The lowest BCUT2D eigenvalue weighted by Gasteiger charge is -2.37. The van der Waals surface area contributed by atoms with Crippen LogP contribution in [-0.4, -0.2) is 51.0 Å². The zero-order chi connectivity index (χ0) is 14.5. The van der Waals surface area contributed by atoms with Crippen molar-refractivity contribution in [2.45, 2.75) is 13.8 Å². The van der Waals surface area contributed by atoms with E-state index in [4.69, 9.17) is 4.74 Å². The van der Waals surface area contributed by atoms with Gasteiger partial charge in [0.1, 0.15) is 6.73 Å². The highest BCUT2D eigenvalue weighted by atomic mass is 16.5. The van der Waals surface area contributed by atoms with E-state index in [1.807, 2.05) is 4.90 Å². The lowest BCUT2D eigenvalue weighted by atomic mass is 10.1. The van der Waals surface area contributed by atoms with Crippen LogP contribution in [0.25, 0.3) is 0 Å². The number of hydrogen-bond acceptors (Lipinski definition) is 3. The summed E-state index contributed by atoms with van der Waals surface area (Å²) in [7, 11) is 1.57. The predicted octanol–water partition coefficient (Wildman–Crippen LogP) is 1.74. The Bertz CT molecular complexity index is 468. The highest BCUT2D eigenvalue weighted by molar-refractivity contribution is 5.74. The van der Waals surface area contributed by atoms with Gasteiger partial charge < -0.3 is 19.9 Å². The molecule has 0 aromatic heterocycles. The van der Waals surface area contributed by atoms with Gasteiger partial charge in [-0.2, -0.15) is 0 Å². The second kappa shape index (κ2) is 6.61. The average molecular weight is 277 g/mol. The third-order valence-electron chi connectivity index (χ3n) is 3.85. The molecule has 1 fully saturated rings. The summed E-state index contributed by atoms with van der Waals surface area (Å²) in [5.74, 6) is 0. The zero-order valence-corrected chi connectivity index (χ0v) is 12.5. The van der Waals surface area contributed by atoms with Crippen molar-refractivity contribution in [3.63, 3.8) is 0 Å². The number of aryl methyl sites for hydroxylation is 1. The van der Waals surface area contributed by atoms with Gasteiger partial charge in [0.05, 0.1) is 0 Å². The molecular weight excluding hydrogens is 254 g/mol. The lowest BCUT2D eigenvalue weighted by Crippen LogP contribution is -2.52. The molecule has 0 spiro atoms. The Morgan fingerprint density at radius 2 is 1.95 bits per heavy atom. The van der Waals surface area contributed by atoms with E-state index in [-0.39, 0.29) is 12.8 Å². The zero-order valence-electron chi connectivity index (χ0n) is 12.5. The molecule has 1 aromatic rings. The molecule has 1 heterocycles. The summed E-state index contributed by atoms with van der Waals surface area (Å²) in [5, 5.41) is 2.72. The molecule has 1 saturated heterocycles. The maximum atomic E-state index is 11.8. The van der Waals surface area contributed by atoms with Crippen LogP contribution in [0.4, 0.5) is 10.5 Å². The Kier molecular flexibility index (Phi) is 4.84. The van der Waals surface area contributed by atoms with Gasteiger partial charge in [0.15, 0.2) is 0 Å². The highest BCUT2D eigenvalue weighted by Gasteiger charge is 2.21. The summed E-state index contributed by atoms with van der Waals surface area (Å²) in [4.78, 5) is 16.0. The fourth-order valence-electron chi connectivity index (χ4n) is 2.47. The average Bonchev–Trinajstić information content (AvgIpc) is 2.48. The van der Waals surface area contributed by atoms with Crippen molar-refractivity contribution in [2.24, 2.45) is 0 Å². The number of nitrogens with one attached hydrogen (secondary N) is 1. The monoisotopic (exact) mass is 277 g/mol. The maximum Gasteiger partial charge on any atom is 0.319 e. The number of rotatable bonds is 3. The largest absolute Gasteiger partial charge is 0.368 e. The van der Waals surface area contributed by atoms with Gasteiger partial charge in [0.25, 0.3) is 0 Å². The number of carbonyl (C=O) groups excluding carboxylic acids is 1. The lowest BCUT2D eigenvalue weighted by molar-refractivity contribution is 0.152. The van der Waals surface area contributed by atoms with Crippen molar-refractivity contribution in [3.8, 4) is 0 Å². The van der Waals surface area contributed by atoms with Crippen LogP contribution in [0.1, 0.15) is 11.1 Å². The van der Waals surface area contributed by atoms with E-state index in [9.17, 15) is 4.79 Å². The second-order valence-corrected chi connectivity index (χ2v) is 5.11. The third-order valence-corrected chi connectivity index (χ3v) is 3.85. The number of hydrogen-bond donors (Lipinski definition) is 1. The molecule has 20 heavy (non-hydrogen) atoms. The highest BCUT2D eigenvalue weighted by Crippen LogP contribution is 2.23. The molecule has 2 amide bonds. The van der Waals surface area contributed by atoms with Gasteiger partial charge in [-0.25, -0.2) is 4.79 Å². The quantitative estimate of drug-likeness (QED) is 0.856. The molecular formula is C15H23N3O2. The summed E-state index contributed by atoms with van der Waals surface area (Å²) in [6, 6.07) is 6.33. The predicted molar refractivity (Wildman–Crippen MR) is 80.1 cm³/mol. The molecule has 0 saturated carbocycles. The Morgan fingerprint density at radius 1 is 1.25 bits per heavy atom. The van der Waals surface area contributed by atoms with Crippen molar-refractivity contribution < 1.29 is 9.53 Å². The molecule has 1 N–H and O–H groups in total. The number of nitrogens with zero attached hydrogens (tertiary/aromatic N) is 2. The van der Waals surface area contributed by atoms with Crippen molar-refractivity contribution in [3.05, 3.63) is 29.3 Å². The first-order valence-electron chi connectivity index (χ1n) is 6.96. The topological polar surface area (TPSA) is 44.8 Å². The molecule has 0 bridgehead atoms. The number of carbonyl (C=O) groups is 1. The van der Waals surface area contributed by atoms with Crippen molar-refractivity contribution in [1.82, 2.24) is 10.2 Å². The van der Waals surface area contributed by atoms with Gasteiger partial charge in [-0.05, 0) is 31.0 Å². The minimum absolute atomic E-state index is 0.0486. The standard InChI is InChI=1S/C15H23N3O2/c1-12-5-4-6-14(13(12)2)17-7-9-18(10-8-17)15(19)16-11-20-3/h4-6H,7-11H2,1-3H3,(H,16,19). The smallest absolute Gasteiger partial charge is 0.319 e. The Hall–Kier alpha value is -1.75. The van der Waals surface area contributed by atoms with Crippen molar-refractivity contribution in [1.29, 1.82) is 0 Å². The van der Waals surface area contributed by atoms with E-state index in [2.05, 4.69) is 42.3 Å². The van der Waals surface area contributed by atoms with E-state index >= 15 is 0 Å². The number of amides is 2. The molecule has 2 rings (SSSR count). The molecule has 110 valence electrons. The number of piperazine rings is 1. The fourth-order valence-corrected chi connectivity index (χ4v) is 2.47. The first-order valence-corrected chi connectivity index (χ1v) is 6.96. The maximum absolute atomic E-state index is 11.8. The van der Waals surface area contributed by atoms with Gasteiger partial charge in [-0.1, -0.05) is 12.1 Å². The summed E-state index contributed by atoms with van der Waals surface area (Å²) < 4.78 is 4.85. The van der Waals surface area contributed by atoms with Gasteiger partial charge >= 0.3 is 6.03 Å². The number of urea groups is 1. The third kappa shape index (κ3) is 3.22. The minimum atomic E-state index is -0.0486. The Balaban J connectivity index is 1.94. The Morgan fingerprint density at radius 3 is 2.60 bits per heavy atom. The van der Waals surface area contributed by atoms with Gasteiger partial charge in [-0.15, -0.1) is 0 Å². The normalized spacial score (nSPS) is 15.3. The van der Waals surface area contributed by atoms with Crippen LogP contribution < -0.4 is 10.2 Å². The minimum Gasteiger partial charge on any atom is -0.368 e. The van der Waals surface area contributed by atoms with Crippen LogP contribution in [-0.2, 0) is 4.74 Å². The van der Waals surface area contributed by atoms with E-state index in [1.165, 1.54) is 16.8 Å². The fraction of sp³-hybridized carbons (Fsp3) is 0.533. The number of ether oxygens (including phenoxy) is 1. The summed E-state index contributed by atoms with van der Waals surface area (Å²) >= 11 is 0. The second-order valence-electron chi connectivity index (χ2n) is 5.11. The molecule has 0 atom stereocenters. The molecule has 5 heteroatoms. The molecule has 1 aliphatic rings. The van der Waals surface area contributed by atoms with E-state index < -0.39 is 0 Å². The summed E-state index contributed by atoms with van der Waals surface area (Å²) in [5.41, 5.74) is 3.91. The molecule has 0 radical (unpaired) electrons. The van der Waals surface area contributed by atoms with Crippen molar-refractivity contribution >= 4 is 11.7 Å². The molecule has 1 aromatic carbocycles. The van der Waals surface area contributed by atoms with Crippen LogP contribution in [0, 0.1) is 13.8 Å². The van der Waals surface area contributed by atoms with E-state index in [1.54, 1.807) is 7.11 Å². The van der Waals surface area contributed by atoms with Crippen LogP contribution >= 0.6 is 0 Å². The summed E-state index contributed by atoms with van der Waals surface area (Å²) in [6.07, 6.45) is 0. The Labute approximate surface area is 120 Å². The van der Waals surface area contributed by atoms with E-state index in [0.29, 0.717) is 0 Å². The van der Waals surface area contributed by atoms with Gasteiger partial charge in [0.2, 0.25) is 0 Å². The number of benzene rings is 1. The summed E-state index contributed by atoms with van der Waals surface area (Å²) in [6.45, 7) is 7.76. The molecule has 5 nitrogen and oxygen atoms in total. The molecule has 0 aliphatic carbocycles. The van der Waals surface area contributed by atoms with Crippen LogP contribution in [0.15, 0.2) is 18.2 Å². The van der Waals surface area contributed by atoms with Crippen LogP contribution in [0.2, 0.25) is 0 Å². The first kappa shape index (κ1) is 14.7. The number of methoxy groups -OCH3 is 1. The van der Waals surface area contributed by atoms with E-state index in [0.717, 1.165) is 26.2 Å². The molecule has 1 aliphatic heterocycles. The van der Waals surface area contributed by atoms with Gasteiger partial charge in [0, 0.05) is 39.0 Å². The SMILES string of the molecule is COCNC(=O)N1CCN(c2cccc(C)c2C)CC1. The van der Waals surface area contributed by atoms with Crippen LogP contribution in [0.3, 0.4) is 0 Å². The van der Waals surface area contributed by atoms with Crippen LogP contribution in [0.5, 0.6) is 0 Å². The first-order chi connectivity index (χ1) is 9.63.